The normalized spacial score (nSPS) is 10.2. The predicted octanol–water partition coefficient (Wildman–Crippen LogP) is 1.99. The summed E-state index contributed by atoms with van der Waals surface area (Å²) in [4.78, 5) is 12.0. The van der Waals surface area contributed by atoms with Crippen molar-refractivity contribution in [3.8, 4) is 5.75 Å². The number of ether oxygens (including phenoxy) is 1. The summed E-state index contributed by atoms with van der Waals surface area (Å²) in [7, 11) is 3.41. The zero-order chi connectivity index (χ0) is 13.1. The maximum atomic E-state index is 12.0. The Morgan fingerprint density at radius 3 is 2.50 bits per heavy atom. The van der Waals surface area contributed by atoms with Crippen LogP contribution in [0.3, 0.4) is 0 Å². The van der Waals surface area contributed by atoms with Crippen molar-refractivity contribution in [2.75, 3.05) is 12.4 Å². The molecule has 18 heavy (non-hydrogen) atoms. The number of rotatable bonds is 3. The van der Waals surface area contributed by atoms with E-state index in [0.29, 0.717) is 5.56 Å². The lowest BCUT2D eigenvalue weighted by Crippen LogP contribution is -2.11. The lowest BCUT2D eigenvalue weighted by molar-refractivity contribution is 0.102. The molecule has 0 aliphatic heterocycles. The van der Waals surface area contributed by atoms with Crippen LogP contribution >= 0.6 is 0 Å². The maximum absolute atomic E-state index is 12.0. The maximum Gasteiger partial charge on any atom is 0.255 e. The number of amides is 1. The van der Waals surface area contributed by atoms with Crippen LogP contribution in [0, 0.1) is 6.92 Å². The van der Waals surface area contributed by atoms with E-state index < -0.39 is 0 Å². The van der Waals surface area contributed by atoms with Crippen LogP contribution < -0.4 is 10.1 Å². The smallest absolute Gasteiger partial charge is 0.255 e. The summed E-state index contributed by atoms with van der Waals surface area (Å²) in [5, 5.41) is 6.99. The van der Waals surface area contributed by atoms with E-state index in [9.17, 15) is 4.79 Å². The van der Waals surface area contributed by atoms with E-state index in [1.165, 1.54) is 0 Å². The van der Waals surface area contributed by atoms with Crippen molar-refractivity contribution >= 4 is 11.6 Å². The lowest BCUT2D eigenvalue weighted by atomic mass is 10.2. The third-order valence-electron chi connectivity index (χ3n) is 2.61. The van der Waals surface area contributed by atoms with E-state index in [0.717, 1.165) is 17.1 Å². The van der Waals surface area contributed by atoms with Gasteiger partial charge in [-0.25, -0.2) is 0 Å². The Balaban J connectivity index is 2.14. The molecule has 0 aliphatic carbocycles. The van der Waals surface area contributed by atoms with Crippen molar-refractivity contribution in [2.24, 2.45) is 7.05 Å². The average molecular weight is 245 g/mol. The van der Waals surface area contributed by atoms with Crippen LogP contribution in [0.2, 0.25) is 0 Å². The Kier molecular flexibility index (Phi) is 3.32. The van der Waals surface area contributed by atoms with Gasteiger partial charge in [0, 0.05) is 18.8 Å². The Morgan fingerprint density at radius 2 is 2.00 bits per heavy atom. The SMILES string of the molecule is COc1ccc(C(=O)Nc2cn(C)nc2C)cc1. The number of nitrogens with zero attached hydrogens (tertiary/aromatic N) is 2. The molecular weight excluding hydrogens is 230 g/mol. The first-order valence-electron chi connectivity index (χ1n) is 5.56. The van der Waals surface area contributed by atoms with E-state index in [4.69, 9.17) is 4.74 Å². The van der Waals surface area contributed by atoms with Gasteiger partial charge in [-0.1, -0.05) is 0 Å². The van der Waals surface area contributed by atoms with E-state index in [1.54, 1.807) is 42.3 Å². The summed E-state index contributed by atoms with van der Waals surface area (Å²) in [6.07, 6.45) is 1.77. The van der Waals surface area contributed by atoms with Crippen LogP contribution in [-0.2, 0) is 7.05 Å². The summed E-state index contributed by atoms with van der Waals surface area (Å²) in [5.41, 5.74) is 2.09. The average Bonchev–Trinajstić information content (AvgIpc) is 2.68. The number of aryl methyl sites for hydroxylation is 2. The molecule has 94 valence electrons. The molecule has 5 nitrogen and oxygen atoms in total. The molecule has 0 saturated carbocycles. The highest BCUT2D eigenvalue weighted by atomic mass is 16.5. The molecule has 1 N–H and O–H groups in total. The van der Waals surface area contributed by atoms with Gasteiger partial charge in [-0.2, -0.15) is 5.10 Å². The molecule has 0 aliphatic rings. The van der Waals surface area contributed by atoms with Gasteiger partial charge in [0.05, 0.1) is 18.5 Å². The molecular formula is C13H15N3O2. The standard InChI is InChI=1S/C13H15N3O2/c1-9-12(8-16(2)15-9)14-13(17)10-4-6-11(18-3)7-5-10/h4-8H,1-3H3,(H,14,17). The van der Waals surface area contributed by atoms with Crippen LogP contribution in [0.1, 0.15) is 16.1 Å². The first kappa shape index (κ1) is 12.2. The number of carbonyl (C=O) groups is 1. The van der Waals surface area contributed by atoms with Crippen molar-refractivity contribution in [2.45, 2.75) is 6.92 Å². The first-order chi connectivity index (χ1) is 8.60. The monoisotopic (exact) mass is 245 g/mol. The molecule has 0 radical (unpaired) electrons. The number of methoxy groups -OCH3 is 1. The lowest BCUT2D eigenvalue weighted by Gasteiger charge is -2.04. The Hall–Kier alpha value is -2.30. The molecule has 1 amide bonds. The second-order valence-electron chi connectivity index (χ2n) is 3.98. The van der Waals surface area contributed by atoms with Gasteiger partial charge in [-0.05, 0) is 31.2 Å². The molecule has 5 heteroatoms. The Morgan fingerprint density at radius 1 is 1.33 bits per heavy atom. The first-order valence-corrected chi connectivity index (χ1v) is 5.56. The van der Waals surface area contributed by atoms with Gasteiger partial charge in [-0.3, -0.25) is 9.48 Å². The van der Waals surface area contributed by atoms with Crippen molar-refractivity contribution in [3.05, 3.63) is 41.7 Å². The van der Waals surface area contributed by atoms with E-state index in [2.05, 4.69) is 10.4 Å². The summed E-state index contributed by atoms with van der Waals surface area (Å²) in [6.45, 7) is 1.85. The van der Waals surface area contributed by atoms with Gasteiger partial charge in [0.15, 0.2) is 0 Å². The molecule has 0 unspecified atom stereocenters. The Labute approximate surface area is 105 Å². The highest BCUT2D eigenvalue weighted by Gasteiger charge is 2.09. The number of hydrogen-bond donors (Lipinski definition) is 1. The Bertz CT molecular complexity index is 558. The van der Waals surface area contributed by atoms with Gasteiger partial charge in [-0.15, -0.1) is 0 Å². The van der Waals surface area contributed by atoms with Crippen molar-refractivity contribution in [3.63, 3.8) is 0 Å². The third-order valence-corrected chi connectivity index (χ3v) is 2.61. The van der Waals surface area contributed by atoms with Crippen molar-refractivity contribution in [1.29, 1.82) is 0 Å². The molecule has 0 saturated heterocycles. The molecule has 1 aromatic carbocycles. The molecule has 2 rings (SSSR count). The van der Waals surface area contributed by atoms with Crippen LogP contribution in [0.25, 0.3) is 0 Å². The van der Waals surface area contributed by atoms with Crippen molar-refractivity contribution in [1.82, 2.24) is 9.78 Å². The number of carbonyl (C=O) groups excluding carboxylic acids is 1. The van der Waals surface area contributed by atoms with Crippen LogP contribution in [0.5, 0.6) is 5.75 Å². The summed E-state index contributed by atoms with van der Waals surface area (Å²) in [5.74, 6) is 0.567. The molecule has 0 bridgehead atoms. The number of anilines is 1. The number of benzene rings is 1. The van der Waals surface area contributed by atoms with Crippen LogP contribution in [0.4, 0.5) is 5.69 Å². The summed E-state index contributed by atoms with van der Waals surface area (Å²) >= 11 is 0. The fourth-order valence-electron chi connectivity index (χ4n) is 1.66. The quantitative estimate of drug-likeness (QED) is 0.899. The van der Waals surface area contributed by atoms with Crippen LogP contribution in [-0.4, -0.2) is 22.8 Å². The third kappa shape index (κ3) is 2.51. The van der Waals surface area contributed by atoms with Crippen LogP contribution in [0.15, 0.2) is 30.5 Å². The second-order valence-corrected chi connectivity index (χ2v) is 3.98. The fraction of sp³-hybridized carbons (Fsp3) is 0.231. The molecule has 1 aromatic heterocycles. The topological polar surface area (TPSA) is 56.1 Å². The number of aromatic nitrogens is 2. The summed E-state index contributed by atoms with van der Waals surface area (Å²) in [6, 6.07) is 6.95. The molecule has 0 fully saturated rings. The molecule has 1 heterocycles. The minimum atomic E-state index is -0.159. The van der Waals surface area contributed by atoms with E-state index in [1.807, 2.05) is 14.0 Å². The highest BCUT2D eigenvalue weighted by Crippen LogP contribution is 2.15. The highest BCUT2D eigenvalue weighted by molar-refractivity contribution is 6.04. The fourth-order valence-corrected chi connectivity index (χ4v) is 1.66. The molecule has 2 aromatic rings. The summed E-state index contributed by atoms with van der Waals surface area (Å²) < 4.78 is 6.71. The van der Waals surface area contributed by atoms with E-state index >= 15 is 0 Å². The largest absolute Gasteiger partial charge is 0.497 e. The van der Waals surface area contributed by atoms with Gasteiger partial charge < -0.3 is 10.1 Å². The van der Waals surface area contributed by atoms with Crippen molar-refractivity contribution < 1.29 is 9.53 Å². The van der Waals surface area contributed by atoms with Gasteiger partial charge in [0.2, 0.25) is 0 Å². The van der Waals surface area contributed by atoms with Gasteiger partial charge in [0.25, 0.3) is 5.91 Å². The van der Waals surface area contributed by atoms with Gasteiger partial charge in [0.1, 0.15) is 5.75 Å². The number of hydrogen-bond acceptors (Lipinski definition) is 3. The van der Waals surface area contributed by atoms with Gasteiger partial charge >= 0.3 is 0 Å². The minimum absolute atomic E-state index is 0.159. The molecule has 0 spiro atoms. The zero-order valence-electron chi connectivity index (χ0n) is 10.6. The zero-order valence-corrected chi connectivity index (χ0v) is 10.6. The number of nitrogens with one attached hydrogen (secondary N) is 1. The second kappa shape index (κ2) is 4.91. The minimum Gasteiger partial charge on any atom is -0.497 e. The predicted molar refractivity (Wildman–Crippen MR) is 68.9 cm³/mol. The van der Waals surface area contributed by atoms with E-state index in [-0.39, 0.29) is 5.91 Å². The molecule has 0 atom stereocenters.